The molecular formula is C12H15Br3. The Balaban J connectivity index is 2.90. The van der Waals surface area contributed by atoms with Crippen molar-refractivity contribution >= 4 is 47.8 Å². The zero-order valence-corrected chi connectivity index (χ0v) is 13.9. The number of halogens is 3. The van der Waals surface area contributed by atoms with Crippen molar-refractivity contribution in [2.75, 3.05) is 0 Å². The monoisotopic (exact) mass is 396 g/mol. The molecule has 0 N–H and O–H groups in total. The summed E-state index contributed by atoms with van der Waals surface area (Å²) in [5.41, 5.74) is 1.63. The Bertz CT molecular complexity index is 339. The predicted octanol–water partition coefficient (Wildman–Crippen LogP) is 6.08. The van der Waals surface area contributed by atoms with Crippen LogP contribution >= 0.6 is 47.8 Å². The van der Waals surface area contributed by atoms with Crippen molar-refractivity contribution in [1.82, 2.24) is 0 Å². The van der Waals surface area contributed by atoms with Crippen LogP contribution in [0.15, 0.2) is 27.1 Å². The Morgan fingerprint density at radius 3 is 2.33 bits per heavy atom. The average Bonchev–Trinajstić information content (AvgIpc) is 2.06. The molecule has 15 heavy (non-hydrogen) atoms. The van der Waals surface area contributed by atoms with Gasteiger partial charge in [0.25, 0.3) is 0 Å². The number of rotatable bonds is 2. The molecule has 0 spiro atoms. The second-order valence-electron chi connectivity index (χ2n) is 4.90. The summed E-state index contributed by atoms with van der Waals surface area (Å²) in [7, 11) is 0. The van der Waals surface area contributed by atoms with E-state index in [1.54, 1.807) is 0 Å². The molecular weight excluding hydrogens is 384 g/mol. The lowest BCUT2D eigenvalue weighted by atomic mass is 9.88. The molecule has 0 fully saturated rings. The van der Waals surface area contributed by atoms with Crippen molar-refractivity contribution in [2.45, 2.75) is 32.0 Å². The van der Waals surface area contributed by atoms with Gasteiger partial charge in [-0.15, -0.1) is 0 Å². The van der Waals surface area contributed by atoms with Gasteiger partial charge in [0.15, 0.2) is 0 Å². The van der Waals surface area contributed by atoms with E-state index in [9.17, 15) is 0 Å². The van der Waals surface area contributed by atoms with E-state index in [1.807, 2.05) is 6.07 Å². The van der Waals surface area contributed by atoms with E-state index in [-0.39, 0.29) is 0 Å². The maximum Gasteiger partial charge on any atom is 0.0411 e. The summed E-state index contributed by atoms with van der Waals surface area (Å²) in [6.07, 6.45) is 1.11. The Labute approximate surface area is 117 Å². The van der Waals surface area contributed by atoms with Crippen LogP contribution < -0.4 is 0 Å². The van der Waals surface area contributed by atoms with Gasteiger partial charge in [0.2, 0.25) is 0 Å². The fourth-order valence-electron chi connectivity index (χ4n) is 1.40. The van der Waals surface area contributed by atoms with Crippen LogP contribution in [0.25, 0.3) is 0 Å². The molecule has 0 aliphatic heterocycles. The van der Waals surface area contributed by atoms with Gasteiger partial charge in [-0.1, -0.05) is 68.6 Å². The minimum Gasteiger partial charge on any atom is -0.0838 e. The Hall–Kier alpha value is 0.660. The molecule has 1 aromatic rings. The molecule has 1 aromatic carbocycles. The molecule has 0 amide bonds. The molecule has 0 bridgehead atoms. The van der Waals surface area contributed by atoms with Gasteiger partial charge in [-0.2, -0.15) is 0 Å². The van der Waals surface area contributed by atoms with Gasteiger partial charge in [-0.3, -0.25) is 0 Å². The summed E-state index contributed by atoms with van der Waals surface area (Å²) < 4.78 is 2.29. The standard InChI is InChI=1S/C12H15Br3/c1-12(2,3)7-11(15)9-6-8(13)4-5-10(9)14/h4-6,11H,7H2,1-3H3. The van der Waals surface area contributed by atoms with Crippen LogP contribution in [0.3, 0.4) is 0 Å². The zero-order chi connectivity index (χ0) is 11.6. The lowest BCUT2D eigenvalue weighted by Crippen LogP contribution is -2.08. The first-order valence-electron chi connectivity index (χ1n) is 4.88. The Morgan fingerprint density at radius 2 is 1.80 bits per heavy atom. The van der Waals surface area contributed by atoms with Crippen molar-refractivity contribution in [3.8, 4) is 0 Å². The second-order valence-corrected chi connectivity index (χ2v) is 7.77. The van der Waals surface area contributed by atoms with Crippen molar-refractivity contribution in [1.29, 1.82) is 0 Å². The van der Waals surface area contributed by atoms with Crippen LogP contribution in [0.1, 0.15) is 37.6 Å². The molecule has 3 heteroatoms. The summed E-state index contributed by atoms with van der Waals surface area (Å²) in [5, 5.41) is 0. The van der Waals surface area contributed by atoms with Gasteiger partial charge in [0.05, 0.1) is 0 Å². The zero-order valence-electron chi connectivity index (χ0n) is 9.15. The van der Waals surface area contributed by atoms with Gasteiger partial charge < -0.3 is 0 Å². The minimum absolute atomic E-state index is 0.329. The molecule has 0 heterocycles. The van der Waals surface area contributed by atoms with E-state index in [0.29, 0.717) is 10.2 Å². The van der Waals surface area contributed by atoms with Crippen LogP contribution in [0.2, 0.25) is 0 Å². The largest absolute Gasteiger partial charge is 0.0838 e. The molecule has 0 saturated heterocycles. The fraction of sp³-hybridized carbons (Fsp3) is 0.500. The number of hydrogen-bond donors (Lipinski definition) is 0. The van der Waals surface area contributed by atoms with Crippen LogP contribution in [0.4, 0.5) is 0 Å². The first-order chi connectivity index (χ1) is 6.79. The third kappa shape index (κ3) is 4.58. The summed E-state index contributed by atoms with van der Waals surface area (Å²) in [4.78, 5) is 0.393. The molecule has 1 rings (SSSR count). The first kappa shape index (κ1) is 13.7. The highest BCUT2D eigenvalue weighted by Gasteiger charge is 2.19. The minimum atomic E-state index is 0.329. The third-order valence-electron chi connectivity index (χ3n) is 2.09. The molecule has 1 atom stereocenters. The molecule has 0 aromatic heterocycles. The molecule has 1 unspecified atom stereocenters. The molecule has 0 saturated carbocycles. The highest BCUT2D eigenvalue weighted by molar-refractivity contribution is 9.11. The van der Waals surface area contributed by atoms with Gasteiger partial charge in [-0.05, 0) is 35.6 Å². The third-order valence-corrected chi connectivity index (χ3v) is 4.12. The Morgan fingerprint density at radius 1 is 1.20 bits per heavy atom. The predicted molar refractivity (Wildman–Crippen MR) is 77.6 cm³/mol. The summed E-state index contributed by atoms with van der Waals surface area (Å²) in [6, 6.07) is 6.29. The first-order valence-corrected chi connectivity index (χ1v) is 7.39. The maximum absolute atomic E-state index is 3.76. The highest BCUT2D eigenvalue weighted by atomic mass is 79.9. The van der Waals surface area contributed by atoms with E-state index in [4.69, 9.17) is 0 Å². The number of benzene rings is 1. The summed E-state index contributed by atoms with van der Waals surface area (Å²) in [6.45, 7) is 6.77. The lowest BCUT2D eigenvalue weighted by molar-refractivity contribution is 0.376. The molecule has 0 aliphatic carbocycles. The fourth-order valence-corrected chi connectivity index (χ4v) is 3.96. The smallest absolute Gasteiger partial charge is 0.0411 e. The normalized spacial score (nSPS) is 14.0. The van der Waals surface area contributed by atoms with Crippen LogP contribution in [-0.2, 0) is 0 Å². The highest BCUT2D eigenvalue weighted by Crippen LogP contribution is 2.39. The van der Waals surface area contributed by atoms with Crippen LogP contribution in [0.5, 0.6) is 0 Å². The quantitative estimate of drug-likeness (QED) is 0.529. The summed E-state index contributed by atoms with van der Waals surface area (Å²) >= 11 is 10.8. The number of hydrogen-bond acceptors (Lipinski definition) is 0. The topological polar surface area (TPSA) is 0 Å². The van der Waals surface area contributed by atoms with Gasteiger partial charge in [0.1, 0.15) is 0 Å². The van der Waals surface area contributed by atoms with Crippen LogP contribution in [0, 0.1) is 5.41 Å². The van der Waals surface area contributed by atoms with Gasteiger partial charge in [0, 0.05) is 13.8 Å². The average molecular weight is 399 g/mol. The van der Waals surface area contributed by atoms with Crippen molar-refractivity contribution in [3.63, 3.8) is 0 Å². The van der Waals surface area contributed by atoms with Crippen molar-refractivity contribution < 1.29 is 0 Å². The van der Waals surface area contributed by atoms with Gasteiger partial charge >= 0.3 is 0 Å². The van der Waals surface area contributed by atoms with E-state index in [0.717, 1.165) is 15.4 Å². The molecule has 0 aliphatic rings. The molecule has 0 radical (unpaired) electrons. The molecule has 0 nitrogen and oxygen atoms in total. The van der Waals surface area contributed by atoms with E-state index in [1.165, 1.54) is 5.56 Å². The van der Waals surface area contributed by atoms with Crippen LogP contribution in [-0.4, -0.2) is 0 Å². The van der Waals surface area contributed by atoms with Gasteiger partial charge in [-0.25, -0.2) is 0 Å². The number of alkyl halides is 1. The molecule has 84 valence electrons. The Kier molecular flexibility index (Phi) is 4.87. The van der Waals surface area contributed by atoms with E-state index >= 15 is 0 Å². The van der Waals surface area contributed by atoms with E-state index < -0.39 is 0 Å². The maximum atomic E-state index is 3.76. The van der Waals surface area contributed by atoms with Crippen molar-refractivity contribution in [3.05, 3.63) is 32.7 Å². The van der Waals surface area contributed by atoms with Crippen molar-refractivity contribution in [2.24, 2.45) is 5.41 Å². The SMILES string of the molecule is CC(C)(C)CC(Br)c1cc(Br)ccc1Br. The van der Waals surface area contributed by atoms with E-state index in [2.05, 4.69) is 80.7 Å². The lowest BCUT2D eigenvalue weighted by Gasteiger charge is -2.23. The second kappa shape index (κ2) is 5.33. The summed E-state index contributed by atoms with van der Waals surface area (Å²) in [5.74, 6) is 0.